The third-order valence-corrected chi connectivity index (χ3v) is 4.37. The fraction of sp³-hybridized carbons (Fsp3) is 0.368. The molecule has 1 aliphatic rings. The Morgan fingerprint density at radius 3 is 2.65 bits per heavy atom. The summed E-state index contributed by atoms with van der Waals surface area (Å²) in [6.07, 6.45) is 3.62. The summed E-state index contributed by atoms with van der Waals surface area (Å²) in [5.74, 6) is 0.178. The third-order valence-electron chi connectivity index (χ3n) is 4.37. The molecule has 0 aliphatic carbocycles. The fourth-order valence-corrected chi connectivity index (χ4v) is 3.05. The number of carbonyl (C=O) groups excluding carboxylic acids is 1. The van der Waals surface area contributed by atoms with E-state index in [1.807, 2.05) is 53.6 Å². The number of carbonyl (C=O) groups is 1. The molecule has 7 heteroatoms. The van der Waals surface area contributed by atoms with E-state index in [1.54, 1.807) is 6.20 Å². The van der Waals surface area contributed by atoms with Gasteiger partial charge in [-0.15, -0.1) is 24.8 Å². The van der Waals surface area contributed by atoms with E-state index in [1.165, 1.54) is 0 Å². The van der Waals surface area contributed by atoms with Crippen LogP contribution in [-0.4, -0.2) is 48.0 Å². The molecule has 26 heavy (non-hydrogen) atoms. The number of anilines is 1. The summed E-state index contributed by atoms with van der Waals surface area (Å²) in [4.78, 5) is 21.1. The van der Waals surface area contributed by atoms with Crippen LogP contribution in [0.4, 0.5) is 5.69 Å². The number of hydrogen-bond donors (Lipinski definition) is 1. The number of halogens is 2. The van der Waals surface area contributed by atoms with Gasteiger partial charge in [-0.2, -0.15) is 0 Å². The van der Waals surface area contributed by atoms with Crippen LogP contribution in [0.25, 0.3) is 0 Å². The fourth-order valence-electron chi connectivity index (χ4n) is 3.05. The molecule has 1 aromatic heterocycles. The second-order valence-electron chi connectivity index (χ2n) is 6.19. The van der Waals surface area contributed by atoms with E-state index in [0.29, 0.717) is 13.1 Å². The second-order valence-corrected chi connectivity index (χ2v) is 6.19. The largest absolute Gasteiger partial charge is 0.358 e. The van der Waals surface area contributed by atoms with Crippen LogP contribution < -0.4 is 10.2 Å². The molecule has 0 spiro atoms. The maximum Gasteiger partial charge on any atom is 0.242 e. The Kier molecular flexibility index (Phi) is 9.41. The van der Waals surface area contributed by atoms with Gasteiger partial charge in [0.1, 0.15) is 0 Å². The summed E-state index contributed by atoms with van der Waals surface area (Å²) >= 11 is 0. The first kappa shape index (κ1) is 22.2. The topological polar surface area (TPSA) is 48.5 Å². The normalized spacial score (nSPS) is 16.2. The van der Waals surface area contributed by atoms with E-state index in [2.05, 4.69) is 22.1 Å². The van der Waals surface area contributed by atoms with Crippen LogP contribution in [0.1, 0.15) is 12.5 Å². The number of rotatable bonds is 5. The molecule has 0 radical (unpaired) electrons. The lowest BCUT2D eigenvalue weighted by Crippen LogP contribution is -2.54. The molecule has 5 nitrogen and oxygen atoms in total. The predicted octanol–water partition coefficient (Wildman–Crippen LogP) is 2.75. The van der Waals surface area contributed by atoms with Crippen molar-refractivity contribution in [2.45, 2.75) is 19.5 Å². The van der Waals surface area contributed by atoms with Crippen LogP contribution in [0.5, 0.6) is 0 Å². The van der Waals surface area contributed by atoms with E-state index in [0.717, 1.165) is 30.9 Å². The van der Waals surface area contributed by atoms with Gasteiger partial charge in [0.05, 0.1) is 6.54 Å². The summed E-state index contributed by atoms with van der Waals surface area (Å²) < 4.78 is 0. The lowest BCUT2D eigenvalue weighted by atomic mass is 10.2. The number of benzene rings is 1. The average Bonchev–Trinajstić information content (AvgIpc) is 2.63. The maximum atomic E-state index is 12.8. The van der Waals surface area contributed by atoms with Crippen LogP contribution in [-0.2, 0) is 11.3 Å². The predicted molar refractivity (Wildman–Crippen MR) is 110 cm³/mol. The minimum absolute atomic E-state index is 0. The Bertz CT molecular complexity index is 657. The van der Waals surface area contributed by atoms with Crippen molar-refractivity contribution in [1.29, 1.82) is 0 Å². The molecule has 3 rings (SSSR count). The smallest absolute Gasteiger partial charge is 0.242 e. The monoisotopic (exact) mass is 396 g/mol. The summed E-state index contributed by atoms with van der Waals surface area (Å²) in [6, 6.07) is 14.3. The van der Waals surface area contributed by atoms with Gasteiger partial charge in [0, 0.05) is 50.3 Å². The van der Waals surface area contributed by atoms with Crippen molar-refractivity contribution < 1.29 is 4.79 Å². The minimum Gasteiger partial charge on any atom is -0.358 e. The van der Waals surface area contributed by atoms with Crippen LogP contribution >= 0.6 is 24.8 Å². The molecule has 1 saturated heterocycles. The molecule has 2 aromatic rings. The number of hydrogen-bond acceptors (Lipinski definition) is 4. The standard InChI is InChI=1S/C19H24N4O.2ClH/c1-16-12-21-10-11-23(16)19(24)15-22(18-7-3-2-4-8-18)14-17-6-5-9-20-13-17;;/h2-9,13,16,21H,10-12,14-15H2,1H3;2*1H/t16-;;/m0../s1. The molecule has 0 unspecified atom stereocenters. The second kappa shape index (κ2) is 11.0. The molecule has 2 heterocycles. The van der Waals surface area contributed by atoms with Gasteiger partial charge in [0.15, 0.2) is 0 Å². The van der Waals surface area contributed by atoms with Crippen molar-refractivity contribution in [3.63, 3.8) is 0 Å². The molecule has 1 N–H and O–H groups in total. The number of pyridine rings is 1. The van der Waals surface area contributed by atoms with Gasteiger partial charge in [-0.1, -0.05) is 24.3 Å². The number of nitrogens with zero attached hydrogens (tertiary/aromatic N) is 3. The molecule has 0 bridgehead atoms. The Hall–Kier alpha value is -1.82. The molecule has 1 fully saturated rings. The Morgan fingerprint density at radius 2 is 2.00 bits per heavy atom. The SMILES string of the molecule is C[C@H]1CNCCN1C(=O)CN(Cc1cccnc1)c1ccccc1.Cl.Cl. The highest BCUT2D eigenvalue weighted by atomic mass is 35.5. The Balaban J connectivity index is 0.00000169. The molecular formula is C19H26Cl2N4O. The van der Waals surface area contributed by atoms with Crippen LogP contribution in [0.3, 0.4) is 0 Å². The molecule has 1 aromatic carbocycles. The van der Waals surface area contributed by atoms with Gasteiger partial charge in [-0.05, 0) is 30.7 Å². The summed E-state index contributed by atoms with van der Waals surface area (Å²) in [5, 5.41) is 3.33. The van der Waals surface area contributed by atoms with Gasteiger partial charge in [-0.3, -0.25) is 9.78 Å². The molecular weight excluding hydrogens is 371 g/mol. The minimum atomic E-state index is 0. The number of amides is 1. The number of para-hydroxylation sites is 1. The van der Waals surface area contributed by atoms with Crippen LogP contribution in [0, 0.1) is 0 Å². The van der Waals surface area contributed by atoms with Gasteiger partial charge in [0.2, 0.25) is 5.91 Å². The first-order valence-electron chi connectivity index (χ1n) is 8.43. The van der Waals surface area contributed by atoms with Gasteiger partial charge < -0.3 is 15.1 Å². The van der Waals surface area contributed by atoms with Gasteiger partial charge in [-0.25, -0.2) is 0 Å². The van der Waals surface area contributed by atoms with E-state index in [9.17, 15) is 4.79 Å². The quantitative estimate of drug-likeness (QED) is 0.843. The summed E-state index contributed by atoms with van der Waals surface area (Å²) in [5.41, 5.74) is 2.15. The van der Waals surface area contributed by atoms with Crippen molar-refractivity contribution in [3.8, 4) is 0 Å². The highest BCUT2D eigenvalue weighted by Crippen LogP contribution is 2.17. The van der Waals surface area contributed by atoms with E-state index < -0.39 is 0 Å². The lowest BCUT2D eigenvalue weighted by molar-refractivity contribution is -0.132. The van der Waals surface area contributed by atoms with Crippen LogP contribution in [0.15, 0.2) is 54.9 Å². The number of aromatic nitrogens is 1. The molecule has 1 aliphatic heterocycles. The zero-order valence-electron chi connectivity index (χ0n) is 14.9. The van der Waals surface area contributed by atoms with Gasteiger partial charge in [0.25, 0.3) is 0 Å². The first-order valence-corrected chi connectivity index (χ1v) is 8.43. The Labute approximate surface area is 167 Å². The van der Waals surface area contributed by atoms with Gasteiger partial charge >= 0.3 is 0 Å². The molecule has 142 valence electrons. The van der Waals surface area contributed by atoms with Crippen molar-refractivity contribution >= 4 is 36.4 Å². The lowest BCUT2D eigenvalue weighted by Gasteiger charge is -2.36. The Morgan fingerprint density at radius 1 is 1.23 bits per heavy atom. The van der Waals surface area contributed by atoms with Crippen molar-refractivity contribution in [3.05, 3.63) is 60.4 Å². The first-order chi connectivity index (χ1) is 11.7. The highest BCUT2D eigenvalue weighted by Gasteiger charge is 2.24. The van der Waals surface area contributed by atoms with Crippen molar-refractivity contribution in [1.82, 2.24) is 15.2 Å². The third kappa shape index (κ3) is 5.87. The number of piperazine rings is 1. The van der Waals surface area contributed by atoms with E-state index >= 15 is 0 Å². The van der Waals surface area contributed by atoms with E-state index in [-0.39, 0.29) is 36.8 Å². The molecule has 0 saturated carbocycles. The molecule has 1 atom stereocenters. The summed E-state index contributed by atoms with van der Waals surface area (Å²) in [6.45, 7) is 5.64. The average molecular weight is 397 g/mol. The van der Waals surface area contributed by atoms with Crippen molar-refractivity contribution in [2.24, 2.45) is 0 Å². The zero-order chi connectivity index (χ0) is 16.8. The molecule has 1 amide bonds. The zero-order valence-corrected chi connectivity index (χ0v) is 16.5. The van der Waals surface area contributed by atoms with Crippen molar-refractivity contribution in [2.75, 3.05) is 31.1 Å². The summed E-state index contributed by atoms with van der Waals surface area (Å²) in [7, 11) is 0. The van der Waals surface area contributed by atoms with Crippen LogP contribution in [0.2, 0.25) is 0 Å². The highest BCUT2D eigenvalue weighted by molar-refractivity contribution is 5.85. The van der Waals surface area contributed by atoms with E-state index in [4.69, 9.17) is 0 Å². The maximum absolute atomic E-state index is 12.8. The number of nitrogens with one attached hydrogen (secondary N) is 1.